The summed E-state index contributed by atoms with van der Waals surface area (Å²) in [5.41, 5.74) is 4.14. The lowest BCUT2D eigenvalue weighted by atomic mass is 9.94. The van der Waals surface area contributed by atoms with Crippen LogP contribution in [-0.2, 0) is 6.42 Å². The number of aliphatic imine (C=N–C) groups is 1. The van der Waals surface area contributed by atoms with Gasteiger partial charge in [0.25, 0.3) is 0 Å². The van der Waals surface area contributed by atoms with Gasteiger partial charge in [-0.25, -0.2) is 4.39 Å². The zero-order valence-corrected chi connectivity index (χ0v) is 10.0. The van der Waals surface area contributed by atoms with Gasteiger partial charge in [-0.3, -0.25) is 4.99 Å². The molecule has 0 aliphatic heterocycles. The fraction of sp³-hybridized carbons (Fsp3) is 0.357. The standard InChI is InChI=1S/C14H15FN2O/c15-9-4-5-12-11(8-9)10-2-1-3-13(14(10)17-12)16-6-7-18/h4-5,8,17-18H,1-3,6-7H2. The van der Waals surface area contributed by atoms with Gasteiger partial charge in [-0.05, 0) is 43.0 Å². The highest BCUT2D eigenvalue weighted by Crippen LogP contribution is 2.29. The van der Waals surface area contributed by atoms with Gasteiger partial charge in [-0.2, -0.15) is 0 Å². The van der Waals surface area contributed by atoms with Crippen LogP contribution in [0.3, 0.4) is 0 Å². The number of aromatic nitrogens is 1. The Kier molecular flexibility index (Phi) is 2.88. The summed E-state index contributed by atoms with van der Waals surface area (Å²) in [6.45, 7) is 0.492. The molecule has 1 aliphatic carbocycles. The normalized spacial score (nSPS) is 17.3. The Morgan fingerprint density at radius 1 is 1.33 bits per heavy atom. The van der Waals surface area contributed by atoms with Gasteiger partial charge in [0, 0.05) is 10.9 Å². The number of hydrogen-bond donors (Lipinski definition) is 2. The second-order valence-electron chi connectivity index (χ2n) is 4.57. The Balaban J connectivity index is 2.15. The summed E-state index contributed by atoms with van der Waals surface area (Å²) >= 11 is 0. The third kappa shape index (κ3) is 1.82. The molecule has 0 fully saturated rings. The lowest BCUT2D eigenvalue weighted by molar-refractivity contribution is 0.307. The SMILES string of the molecule is OCCN=C1CCCc2c1[nH]c1ccc(F)cc21. The number of aliphatic hydroxyl groups is 1. The number of aryl methyl sites for hydroxylation is 1. The maximum absolute atomic E-state index is 13.3. The second kappa shape index (κ2) is 4.53. The molecule has 0 amide bonds. The summed E-state index contributed by atoms with van der Waals surface area (Å²) in [6.07, 6.45) is 2.90. The highest BCUT2D eigenvalue weighted by atomic mass is 19.1. The average molecular weight is 246 g/mol. The predicted octanol–water partition coefficient (Wildman–Crippen LogP) is 2.42. The van der Waals surface area contributed by atoms with Crippen molar-refractivity contribution < 1.29 is 9.50 Å². The van der Waals surface area contributed by atoms with Crippen molar-refractivity contribution in [2.24, 2.45) is 4.99 Å². The van der Waals surface area contributed by atoms with Crippen LogP contribution in [0.25, 0.3) is 10.9 Å². The summed E-state index contributed by atoms with van der Waals surface area (Å²) in [7, 11) is 0. The third-order valence-electron chi connectivity index (χ3n) is 3.40. The number of nitrogens with zero attached hydrogens (tertiary/aromatic N) is 1. The summed E-state index contributed by atoms with van der Waals surface area (Å²) in [5.74, 6) is -0.205. The largest absolute Gasteiger partial charge is 0.394 e. The number of benzene rings is 1. The van der Waals surface area contributed by atoms with Gasteiger partial charge in [0.15, 0.2) is 0 Å². The third-order valence-corrected chi connectivity index (χ3v) is 3.40. The highest BCUT2D eigenvalue weighted by molar-refractivity contribution is 6.06. The number of fused-ring (bicyclic) bond motifs is 3. The van der Waals surface area contributed by atoms with Crippen molar-refractivity contribution in [1.29, 1.82) is 0 Å². The molecule has 0 radical (unpaired) electrons. The van der Waals surface area contributed by atoms with Crippen molar-refractivity contribution in [2.75, 3.05) is 13.2 Å². The lowest BCUT2D eigenvalue weighted by Gasteiger charge is -2.14. The van der Waals surface area contributed by atoms with E-state index in [-0.39, 0.29) is 12.4 Å². The Morgan fingerprint density at radius 3 is 3.06 bits per heavy atom. The Hall–Kier alpha value is -1.68. The van der Waals surface area contributed by atoms with E-state index in [4.69, 9.17) is 5.11 Å². The molecule has 94 valence electrons. The number of aliphatic hydroxyl groups excluding tert-OH is 1. The fourth-order valence-electron chi connectivity index (χ4n) is 2.63. The summed E-state index contributed by atoms with van der Waals surface area (Å²) in [4.78, 5) is 7.73. The number of hydrogen-bond acceptors (Lipinski definition) is 2. The second-order valence-corrected chi connectivity index (χ2v) is 4.57. The van der Waals surface area contributed by atoms with E-state index in [9.17, 15) is 4.39 Å². The maximum Gasteiger partial charge on any atom is 0.123 e. The van der Waals surface area contributed by atoms with Crippen LogP contribution in [0.4, 0.5) is 4.39 Å². The van der Waals surface area contributed by atoms with E-state index in [1.165, 1.54) is 6.07 Å². The van der Waals surface area contributed by atoms with Crippen LogP contribution in [-0.4, -0.2) is 29.0 Å². The molecule has 1 heterocycles. The van der Waals surface area contributed by atoms with E-state index in [1.807, 2.05) is 0 Å². The van der Waals surface area contributed by atoms with Crippen molar-refractivity contribution in [3.05, 3.63) is 35.3 Å². The number of aromatic amines is 1. The van der Waals surface area contributed by atoms with Crippen molar-refractivity contribution in [2.45, 2.75) is 19.3 Å². The van der Waals surface area contributed by atoms with Crippen LogP contribution in [0, 0.1) is 5.82 Å². The van der Waals surface area contributed by atoms with Crippen molar-refractivity contribution in [3.8, 4) is 0 Å². The van der Waals surface area contributed by atoms with Crippen LogP contribution in [0.5, 0.6) is 0 Å². The number of rotatable bonds is 2. The smallest absolute Gasteiger partial charge is 0.123 e. The molecule has 0 spiro atoms. The lowest BCUT2D eigenvalue weighted by Crippen LogP contribution is -2.12. The van der Waals surface area contributed by atoms with E-state index >= 15 is 0 Å². The van der Waals surface area contributed by atoms with Crippen molar-refractivity contribution in [3.63, 3.8) is 0 Å². The van der Waals surface area contributed by atoms with E-state index in [2.05, 4.69) is 9.98 Å². The van der Waals surface area contributed by atoms with Crippen molar-refractivity contribution in [1.82, 2.24) is 4.98 Å². The summed E-state index contributed by atoms with van der Waals surface area (Å²) < 4.78 is 13.3. The molecule has 2 N–H and O–H groups in total. The van der Waals surface area contributed by atoms with Gasteiger partial charge in [0.05, 0.1) is 24.6 Å². The van der Waals surface area contributed by atoms with Gasteiger partial charge in [0.2, 0.25) is 0 Å². The quantitative estimate of drug-likeness (QED) is 0.840. The molecule has 0 atom stereocenters. The van der Waals surface area contributed by atoms with E-state index in [0.717, 1.165) is 47.1 Å². The molecular formula is C14H15FN2O. The zero-order valence-electron chi connectivity index (χ0n) is 10.0. The number of nitrogens with one attached hydrogen (secondary N) is 1. The van der Waals surface area contributed by atoms with Crippen LogP contribution in [0.1, 0.15) is 24.1 Å². The van der Waals surface area contributed by atoms with Gasteiger partial charge in [-0.15, -0.1) is 0 Å². The van der Waals surface area contributed by atoms with Gasteiger partial charge >= 0.3 is 0 Å². The molecule has 1 aromatic carbocycles. The predicted molar refractivity (Wildman–Crippen MR) is 69.7 cm³/mol. The summed E-state index contributed by atoms with van der Waals surface area (Å²) in [5, 5.41) is 9.81. The summed E-state index contributed by atoms with van der Waals surface area (Å²) in [6, 6.07) is 4.82. The number of H-pyrrole nitrogens is 1. The van der Waals surface area contributed by atoms with Crippen LogP contribution >= 0.6 is 0 Å². The van der Waals surface area contributed by atoms with E-state index in [1.54, 1.807) is 12.1 Å². The average Bonchev–Trinajstić information content (AvgIpc) is 2.75. The molecule has 0 unspecified atom stereocenters. The first-order valence-electron chi connectivity index (χ1n) is 6.24. The van der Waals surface area contributed by atoms with Gasteiger partial charge < -0.3 is 10.1 Å². The fourth-order valence-corrected chi connectivity index (χ4v) is 2.63. The Bertz CT molecular complexity index is 616. The first kappa shape index (κ1) is 11.4. The number of halogens is 1. The molecule has 1 aromatic heterocycles. The minimum absolute atomic E-state index is 0.0632. The molecule has 3 rings (SSSR count). The van der Waals surface area contributed by atoms with Crippen molar-refractivity contribution >= 4 is 16.6 Å². The highest BCUT2D eigenvalue weighted by Gasteiger charge is 2.20. The van der Waals surface area contributed by atoms with E-state index in [0.29, 0.717) is 6.54 Å². The molecule has 3 nitrogen and oxygen atoms in total. The van der Waals surface area contributed by atoms with Gasteiger partial charge in [0.1, 0.15) is 5.82 Å². The van der Waals surface area contributed by atoms with E-state index < -0.39 is 0 Å². The molecule has 2 aromatic rings. The molecule has 0 bridgehead atoms. The first-order valence-corrected chi connectivity index (χ1v) is 6.24. The minimum atomic E-state index is -0.205. The molecule has 1 aliphatic rings. The van der Waals surface area contributed by atoms with Crippen LogP contribution in [0.2, 0.25) is 0 Å². The molecule has 4 heteroatoms. The topological polar surface area (TPSA) is 48.4 Å². The Morgan fingerprint density at radius 2 is 2.22 bits per heavy atom. The molecule has 0 saturated heterocycles. The monoisotopic (exact) mass is 246 g/mol. The van der Waals surface area contributed by atoms with Crippen LogP contribution in [0.15, 0.2) is 23.2 Å². The minimum Gasteiger partial charge on any atom is -0.394 e. The molecular weight excluding hydrogens is 231 g/mol. The maximum atomic E-state index is 13.3. The molecule has 18 heavy (non-hydrogen) atoms. The zero-order chi connectivity index (χ0) is 12.5. The van der Waals surface area contributed by atoms with Crippen LogP contribution < -0.4 is 0 Å². The first-order chi connectivity index (χ1) is 8.79. The van der Waals surface area contributed by atoms with Gasteiger partial charge in [-0.1, -0.05) is 0 Å². The molecule has 0 saturated carbocycles. The Labute approximate surface area is 104 Å².